The third-order valence-corrected chi connectivity index (χ3v) is 3.37. The van der Waals surface area contributed by atoms with Crippen LogP contribution in [0.1, 0.15) is 30.5 Å². The molecule has 21 heavy (non-hydrogen) atoms. The molecule has 3 nitrogen and oxygen atoms in total. The Hall–Kier alpha value is -2.29. The second-order valence-corrected chi connectivity index (χ2v) is 5.06. The smallest absolute Gasteiger partial charge is 0.223 e. The summed E-state index contributed by atoms with van der Waals surface area (Å²) in [7, 11) is 0. The highest BCUT2D eigenvalue weighted by Gasteiger charge is 2.11. The number of aryl methyl sites for hydroxylation is 1. The summed E-state index contributed by atoms with van der Waals surface area (Å²) < 4.78 is 5.53. The maximum atomic E-state index is 11.9. The van der Waals surface area contributed by atoms with E-state index in [-0.39, 0.29) is 11.9 Å². The molecule has 1 atom stereocenters. The SMILES string of the molecule is Cc1ccccc1C(C)NC(=O)CCOc1ccccc1. The number of para-hydroxylation sites is 1. The maximum Gasteiger partial charge on any atom is 0.223 e. The molecule has 0 saturated carbocycles. The Morgan fingerprint density at radius 3 is 2.48 bits per heavy atom. The molecule has 0 spiro atoms. The topological polar surface area (TPSA) is 38.3 Å². The van der Waals surface area contributed by atoms with E-state index in [2.05, 4.69) is 18.3 Å². The average molecular weight is 283 g/mol. The maximum absolute atomic E-state index is 11.9. The molecule has 0 aliphatic heterocycles. The van der Waals surface area contributed by atoms with Crippen molar-refractivity contribution < 1.29 is 9.53 Å². The van der Waals surface area contributed by atoms with Crippen molar-refractivity contribution in [3.05, 3.63) is 65.7 Å². The molecule has 2 aromatic rings. The van der Waals surface area contributed by atoms with E-state index in [1.54, 1.807) is 0 Å². The summed E-state index contributed by atoms with van der Waals surface area (Å²) >= 11 is 0. The van der Waals surface area contributed by atoms with Crippen molar-refractivity contribution in [2.45, 2.75) is 26.3 Å². The van der Waals surface area contributed by atoms with Crippen LogP contribution in [0.2, 0.25) is 0 Å². The summed E-state index contributed by atoms with van der Waals surface area (Å²) in [6, 6.07) is 17.6. The molecule has 0 heterocycles. The summed E-state index contributed by atoms with van der Waals surface area (Å²) in [6.07, 6.45) is 0.352. The van der Waals surface area contributed by atoms with E-state index in [1.807, 2.05) is 55.5 Å². The fraction of sp³-hybridized carbons (Fsp3) is 0.278. The van der Waals surface area contributed by atoms with Crippen molar-refractivity contribution in [2.75, 3.05) is 6.61 Å². The summed E-state index contributed by atoms with van der Waals surface area (Å²) in [5, 5.41) is 3.00. The zero-order valence-corrected chi connectivity index (χ0v) is 12.5. The van der Waals surface area contributed by atoms with Crippen LogP contribution in [0, 0.1) is 6.92 Å². The number of rotatable bonds is 6. The molecule has 1 N–H and O–H groups in total. The zero-order chi connectivity index (χ0) is 15.1. The summed E-state index contributed by atoms with van der Waals surface area (Å²) in [4.78, 5) is 11.9. The van der Waals surface area contributed by atoms with E-state index >= 15 is 0 Å². The number of hydrogen-bond donors (Lipinski definition) is 1. The highest BCUT2D eigenvalue weighted by Crippen LogP contribution is 2.16. The van der Waals surface area contributed by atoms with E-state index in [4.69, 9.17) is 4.74 Å². The Morgan fingerprint density at radius 2 is 1.76 bits per heavy atom. The first-order valence-electron chi connectivity index (χ1n) is 7.19. The van der Waals surface area contributed by atoms with Gasteiger partial charge in [0.1, 0.15) is 5.75 Å². The van der Waals surface area contributed by atoms with Crippen LogP contribution in [0.15, 0.2) is 54.6 Å². The number of amides is 1. The van der Waals surface area contributed by atoms with Crippen LogP contribution in [0.3, 0.4) is 0 Å². The van der Waals surface area contributed by atoms with Gasteiger partial charge in [0.15, 0.2) is 0 Å². The fourth-order valence-corrected chi connectivity index (χ4v) is 2.24. The lowest BCUT2D eigenvalue weighted by molar-refractivity contribution is -0.122. The average Bonchev–Trinajstić information content (AvgIpc) is 2.48. The highest BCUT2D eigenvalue weighted by atomic mass is 16.5. The number of nitrogens with one attached hydrogen (secondary N) is 1. The summed E-state index contributed by atoms with van der Waals surface area (Å²) in [5.74, 6) is 0.791. The van der Waals surface area contributed by atoms with Crippen LogP contribution in [0.25, 0.3) is 0 Å². The Labute approximate surface area is 126 Å². The zero-order valence-electron chi connectivity index (χ0n) is 12.5. The van der Waals surface area contributed by atoms with Crippen LogP contribution in [-0.4, -0.2) is 12.5 Å². The first kappa shape index (κ1) is 15.1. The standard InChI is InChI=1S/C18H21NO2/c1-14-8-6-7-11-17(14)15(2)19-18(20)12-13-21-16-9-4-3-5-10-16/h3-11,15H,12-13H2,1-2H3,(H,19,20). The molecule has 0 aromatic heterocycles. The molecule has 0 saturated heterocycles. The minimum absolute atomic E-state index is 0.00156. The van der Waals surface area contributed by atoms with Gasteiger partial charge in [-0.3, -0.25) is 4.79 Å². The molecule has 0 fully saturated rings. The first-order chi connectivity index (χ1) is 10.2. The largest absolute Gasteiger partial charge is 0.493 e. The Bertz CT molecular complexity index is 581. The molecule has 1 amide bonds. The molecule has 0 aliphatic carbocycles. The number of carbonyl (C=O) groups excluding carboxylic acids is 1. The molecule has 2 aromatic carbocycles. The predicted octanol–water partition coefficient (Wildman–Crippen LogP) is 3.64. The van der Waals surface area contributed by atoms with E-state index in [0.717, 1.165) is 11.3 Å². The molecule has 3 heteroatoms. The third-order valence-electron chi connectivity index (χ3n) is 3.37. The van der Waals surface area contributed by atoms with Crippen LogP contribution in [0.5, 0.6) is 5.75 Å². The minimum Gasteiger partial charge on any atom is -0.493 e. The van der Waals surface area contributed by atoms with Crippen molar-refractivity contribution in [3.63, 3.8) is 0 Å². The van der Waals surface area contributed by atoms with Gasteiger partial charge in [0.05, 0.1) is 19.1 Å². The Kier molecular flexibility index (Phi) is 5.38. The second kappa shape index (κ2) is 7.48. The van der Waals surface area contributed by atoms with Crippen LogP contribution in [-0.2, 0) is 4.79 Å². The highest BCUT2D eigenvalue weighted by molar-refractivity contribution is 5.76. The summed E-state index contributed by atoms with van der Waals surface area (Å²) in [5.41, 5.74) is 2.33. The quantitative estimate of drug-likeness (QED) is 0.879. The monoisotopic (exact) mass is 283 g/mol. The lowest BCUT2D eigenvalue weighted by Crippen LogP contribution is -2.28. The van der Waals surface area contributed by atoms with Gasteiger partial charge in [-0.25, -0.2) is 0 Å². The van der Waals surface area contributed by atoms with E-state index in [0.29, 0.717) is 13.0 Å². The predicted molar refractivity (Wildman–Crippen MR) is 84.3 cm³/mol. The van der Waals surface area contributed by atoms with Gasteiger partial charge in [-0.05, 0) is 37.1 Å². The van der Waals surface area contributed by atoms with Gasteiger partial charge in [0.2, 0.25) is 5.91 Å². The lowest BCUT2D eigenvalue weighted by atomic mass is 10.0. The molecule has 110 valence electrons. The summed E-state index contributed by atoms with van der Waals surface area (Å²) in [6.45, 7) is 4.44. The van der Waals surface area contributed by atoms with Gasteiger partial charge < -0.3 is 10.1 Å². The van der Waals surface area contributed by atoms with Gasteiger partial charge in [-0.1, -0.05) is 42.5 Å². The van der Waals surface area contributed by atoms with Gasteiger partial charge in [0, 0.05) is 0 Å². The molecular weight excluding hydrogens is 262 g/mol. The van der Waals surface area contributed by atoms with Gasteiger partial charge in [-0.15, -0.1) is 0 Å². The first-order valence-corrected chi connectivity index (χ1v) is 7.19. The molecule has 0 bridgehead atoms. The number of ether oxygens (including phenoxy) is 1. The molecule has 0 radical (unpaired) electrons. The fourth-order valence-electron chi connectivity index (χ4n) is 2.24. The number of hydrogen-bond acceptors (Lipinski definition) is 2. The van der Waals surface area contributed by atoms with E-state index in [1.165, 1.54) is 5.56 Å². The van der Waals surface area contributed by atoms with Gasteiger partial charge >= 0.3 is 0 Å². The number of carbonyl (C=O) groups is 1. The Morgan fingerprint density at radius 1 is 1.10 bits per heavy atom. The molecule has 0 aliphatic rings. The molecular formula is C18H21NO2. The van der Waals surface area contributed by atoms with Crippen LogP contribution >= 0.6 is 0 Å². The van der Waals surface area contributed by atoms with Crippen LogP contribution < -0.4 is 10.1 Å². The lowest BCUT2D eigenvalue weighted by Gasteiger charge is -2.16. The molecule has 2 rings (SSSR count). The number of benzene rings is 2. The van der Waals surface area contributed by atoms with E-state index < -0.39 is 0 Å². The second-order valence-electron chi connectivity index (χ2n) is 5.06. The van der Waals surface area contributed by atoms with Gasteiger partial charge in [0.25, 0.3) is 0 Å². The van der Waals surface area contributed by atoms with Crippen molar-refractivity contribution in [1.29, 1.82) is 0 Å². The van der Waals surface area contributed by atoms with Crippen molar-refractivity contribution in [3.8, 4) is 5.75 Å². The van der Waals surface area contributed by atoms with Crippen molar-refractivity contribution in [1.82, 2.24) is 5.32 Å². The third kappa shape index (κ3) is 4.63. The van der Waals surface area contributed by atoms with Gasteiger partial charge in [-0.2, -0.15) is 0 Å². The molecule has 1 unspecified atom stereocenters. The van der Waals surface area contributed by atoms with E-state index in [9.17, 15) is 4.79 Å². The minimum atomic E-state index is 0.00156. The Balaban J connectivity index is 1.78. The van der Waals surface area contributed by atoms with Crippen molar-refractivity contribution >= 4 is 5.91 Å². The normalized spacial score (nSPS) is 11.7. The van der Waals surface area contributed by atoms with Crippen molar-refractivity contribution in [2.24, 2.45) is 0 Å². The van der Waals surface area contributed by atoms with Crippen LogP contribution in [0.4, 0.5) is 0 Å².